The number of hydrogen-bond donors (Lipinski definition) is 1. The van der Waals surface area contributed by atoms with Gasteiger partial charge in [0.25, 0.3) is 0 Å². The highest BCUT2D eigenvalue weighted by Gasteiger charge is 2.00. The maximum atomic E-state index is 5.94. The molecule has 1 aromatic carbocycles. The van der Waals surface area contributed by atoms with Gasteiger partial charge in [0, 0.05) is 16.1 Å². The highest BCUT2D eigenvalue weighted by molar-refractivity contribution is 9.10. The molecule has 0 saturated heterocycles. The van der Waals surface area contributed by atoms with Gasteiger partial charge >= 0.3 is 0 Å². The van der Waals surface area contributed by atoms with Crippen LogP contribution in [0.4, 0.5) is 0 Å². The monoisotopic (exact) mass is 338 g/mol. The third-order valence-corrected chi connectivity index (χ3v) is 4.91. The zero-order chi connectivity index (χ0) is 11.8. The molecular formula is C11H16BrClOSSi. The molecule has 5 heteroatoms. The molecule has 1 nitrogen and oxygen atoms in total. The van der Waals surface area contributed by atoms with Crippen LogP contribution in [0, 0.1) is 0 Å². The summed E-state index contributed by atoms with van der Waals surface area (Å²) >= 11 is 13.6. The molecule has 0 saturated carbocycles. The normalized spacial score (nSPS) is 11.4. The predicted molar refractivity (Wildman–Crippen MR) is 80.6 cm³/mol. The Kier molecular flexibility index (Phi) is 7.82. The Balaban J connectivity index is 2.23. The Morgan fingerprint density at radius 1 is 1.44 bits per heavy atom. The Hall–Kier alpha value is 0.517. The molecule has 90 valence electrons. The molecule has 0 bridgehead atoms. The van der Waals surface area contributed by atoms with Crippen molar-refractivity contribution in [1.29, 1.82) is 0 Å². The Bertz CT molecular complexity index is 325. The molecule has 0 N–H and O–H groups in total. The first-order chi connectivity index (χ1) is 7.74. The first-order valence-electron chi connectivity index (χ1n) is 5.36. The Morgan fingerprint density at radius 3 is 3.00 bits per heavy atom. The van der Waals surface area contributed by atoms with Crippen molar-refractivity contribution in [1.82, 2.24) is 0 Å². The average Bonchev–Trinajstić information content (AvgIpc) is 2.28. The van der Waals surface area contributed by atoms with E-state index < -0.39 is 0 Å². The summed E-state index contributed by atoms with van der Waals surface area (Å²) in [4.78, 5) is 0. The highest BCUT2D eigenvalue weighted by Crippen LogP contribution is 2.21. The van der Waals surface area contributed by atoms with Crippen LogP contribution in [-0.4, -0.2) is 22.1 Å². The Morgan fingerprint density at radius 2 is 2.25 bits per heavy atom. The molecule has 1 rings (SSSR count). The second-order valence-corrected chi connectivity index (χ2v) is 6.79. The van der Waals surface area contributed by atoms with Crippen LogP contribution in [-0.2, 0) is 10.8 Å². The van der Waals surface area contributed by atoms with Gasteiger partial charge in [-0.1, -0.05) is 27.5 Å². The molecule has 0 heterocycles. The molecule has 0 spiro atoms. The first kappa shape index (κ1) is 14.6. The summed E-state index contributed by atoms with van der Waals surface area (Å²) in [5.74, 6) is 0.968. The third kappa shape index (κ3) is 5.73. The van der Waals surface area contributed by atoms with Crippen molar-refractivity contribution in [3.8, 4) is 0 Å². The van der Waals surface area contributed by atoms with E-state index in [0.29, 0.717) is 0 Å². The molecule has 1 aromatic rings. The van der Waals surface area contributed by atoms with Gasteiger partial charge in [-0.2, -0.15) is 12.6 Å². The number of hydrogen-bond acceptors (Lipinski definition) is 2. The van der Waals surface area contributed by atoms with Gasteiger partial charge < -0.3 is 4.43 Å². The lowest BCUT2D eigenvalue weighted by molar-refractivity contribution is 0.339. The SMILES string of the molecule is SCCC[SiH2]OCCc1cc(Cl)ccc1Br. The van der Waals surface area contributed by atoms with Crippen molar-refractivity contribution < 1.29 is 4.43 Å². The molecule has 0 aliphatic heterocycles. The fraction of sp³-hybridized carbons (Fsp3) is 0.455. The molecule has 0 aliphatic carbocycles. The summed E-state index contributed by atoms with van der Waals surface area (Å²) < 4.78 is 6.78. The highest BCUT2D eigenvalue weighted by atomic mass is 79.9. The van der Waals surface area contributed by atoms with Gasteiger partial charge in [0.05, 0.1) is 0 Å². The summed E-state index contributed by atoms with van der Waals surface area (Å²) in [6.45, 7) is 0.803. The fourth-order valence-electron chi connectivity index (χ4n) is 1.34. The van der Waals surface area contributed by atoms with Gasteiger partial charge in [-0.05, 0) is 48.4 Å². The third-order valence-electron chi connectivity index (χ3n) is 2.22. The van der Waals surface area contributed by atoms with Crippen LogP contribution in [0.25, 0.3) is 0 Å². The van der Waals surface area contributed by atoms with Crippen molar-refractivity contribution in [2.45, 2.75) is 18.9 Å². The maximum Gasteiger partial charge on any atom is 0.161 e. The van der Waals surface area contributed by atoms with E-state index in [9.17, 15) is 0 Å². The van der Waals surface area contributed by atoms with E-state index in [2.05, 4.69) is 28.6 Å². The van der Waals surface area contributed by atoms with E-state index in [0.717, 1.165) is 28.3 Å². The molecule has 0 amide bonds. The summed E-state index contributed by atoms with van der Waals surface area (Å²) in [5, 5.41) is 0.783. The van der Waals surface area contributed by atoms with Gasteiger partial charge in [0.1, 0.15) is 0 Å². The lowest BCUT2D eigenvalue weighted by atomic mass is 10.2. The van der Waals surface area contributed by atoms with E-state index >= 15 is 0 Å². The molecule has 0 atom stereocenters. The van der Waals surface area contributed by atoms with Crippen molar-refractivity contribution >= 4 is 49.9 Å². The molecule has 0 fully saturated rings. The van der Waals surface area contributed by atoms with Crippen LogP contribution in [0.1, 0.15) is 12.0 Å². The zero-order valence-corrected chi connectivity index (χ0v) is 13.7. The summed E-state index contributed by atoms with van der Waals surface area (Å²) in [5.41, 5.74) is 1.22. The van der Waals surface area contributed by atoms with Gasteiger partial charge in [-0.15, -0.1) is 0 Å². The Labute approximate surface area is 118 Å². The zero-order valence-electron chi connectivity index (χ0n) is 9.09. The van der Waals surface area contributed by atoms with E-state index in [4.69, 9.17) is 16.0 Å². The largest absolute Gasteiger partial charge is 0.424 e. The van der Waals surface area contributed by atoms with E-state index in [1.807, 2.05) is 18.2 Å². The second kappa shape index (κ2) is 8.58. The van der Waals surface area contributed by atoms with Gasteiger partial charge in [-0.25, -0.2) is 0 Å². The van der Waals surface area contributed by atoms with Gasteiger partial charge in [-0.3, -0.25) is 0 Å². The van der Waals surface area contributed by atoms with Crippen molar-refractivity contribution in [2.75, 3.05) is 12.4 Å². The van der Waals surface area contributed by atoms with Crippen LogP contribution in [0.15, 0.2) is 22.7 Å². The van der Waals surface area contributed by atoms with Crippen LogP contribution in [0.5, 0.6) is 0 Å². The number of rotatable bonds is 7. The molecule has 16 heavy (non-hydrogen) atoms. The molecule has 0 aromatic heterocycles. The number of halogens is 2. The van der Waals surface area contributed by atoms with Gasteiger partial charge in [0.2, 0.25) is 0 Å². The summed E-state index contributed by atoms with van der Waals surface area (Å²) in [7, 11) is -0.335. The summed E-state index contributed by atoms with van der Waals surface area (Å²) in [6, 6.07) is 7.08. The predicted octanol–water partition coefficient (Wildman–Crippen LogP) is 3.48. The van der Waals surface area contributed by atoms with Crippen LogP contribution in [0.2, 0.25) is 11.1 Å². The average molecular weight is 340 g/mol. The maximum absolute atomic E-state index is 5.94. The van der Waals surface area contributed by atoms with Gasteiger partial charge in [0.15, 0.2) is 9.76 Å². The second-order valence-electron chi connectivity index (χ2n) is 3.53. The fourth-order valence-corrected chi connectivity index (χ4v) is 3.63. The van der Waals surface area contributed by atoms with Crippen molar-refractivity contribution in [3.05, 3.63) is 33.3 Å². The van der Waals surface area contributed by atoms with E-state index in [1.165, 1.54) is 18.0 Å². The first-order valence-corrected chi connectivity index (χ1v) is 8.74. The van der Waals surface area contributed by atoms with Crippen LogP contribution < -0.4 is 0 Å². The number of benzene rings is 1. The lowest BCUT2D eigenvalue weighted by Crippen LogP contribution is -2.03. The van der Waals surface area contributed by atoms with E-state index in [1.54, 1.807) is 0 Å². The quantitative estimate of drug-likeness (QED) is 0.454. The molecule has 0 unspecified atom stereocenters. The number of thiol groups is 1. The van der Waals surface area contributed by atoms with Crippen molar-refractivity contribution in [2.24, 2.45) is 0 Å². The lowest BCUT2D eigenvalue weighted by Gasteiger charge is -2.06. The standard InChI is InChI=1S/C11H16BrClOSSi/c12-11-3-2-10(13)8-9(11)4-5-14-16-7-1-6-15/h2-3,8,15H,1,4-7,16H2. The van der Waals surface area contributed by atoms with Crippen molar-refractivity contribution in [3.63, 3.8) is 0 Å². The minimum atomic E-state index is -0.335. The van der Waals surface area contributed by atoms with Crippen LogP contribution >= 0.6 is 40.2 Å². The smallest absolute Gasteiger partial charge is 0.161 e. The molecule has 0 aliphatic rings. The molecular weight excluding hydrogens is 324 g/mol. The summed E-state index contributed by atoms with van der Waals surface area (Å²) in [6.07, 6.45) is 2.10. The van der Waals surface area contributed by atoms with E-state index in [-0.39, 0.29) is 9.76 Å². The minimum Gasteiger partial charge on any atom is -0.424 e. The molecule has 0 radical (unpaired) electrons. The van der Waals surface area contributed by atoms with Crippen LogP contribution in [0.3, 0.4) is 0 Å². The topological polar surface area (TPSA) is 9.23 Å². The minimum absolute atomic E-state index is 0.335.